The molecule has 0 aliphatic heterocycles. The largest absolute Gasteiger partial charge is 0.491 e. The lowest BCUT2D eigenvalue weighted by molar-refractivity contribution is 0.110. The van der Waals surface area contributed by atoms with E-state index in [4.69, 9.17) is 9.47 Å². The Balaban J connectivity index is 2.31. The summed E-state index contributed by atoms with van der Waals surface area (Å²) in [5.74, 6) is 0.929. The second-order valence-corrected chi connectivity index (χ2v) is 3.80. The monoisotopic (exact) mass is 237 g/mol. The van der Waals surface area contributed by atoms with Gasteiger partial charge in [-0.05, 0) is 44.1 Å². The Kier molecular flexibility index (Phi) is 7.43. The molecular formula is C14H23NO2. The molecule has 1 aromatic rings. The van der Waals surface area contributed by atoms with Gasteiger partial charge in [0.25, 0.3) is 0 Å². The predicted octanol–water partition coefficient (Wildman–Crippen LogP) is 2.25. The van der Waals surface area contributed by atoms with Crippen molar-refractivity contribution in [3.63, 3.8) is 0 Å². The number of ether oxygens (including phenoxy) is 2. The van der Waals surface area contributed by atoms with E-state index >= 15 is 0 Å². The average Bonchev–Trinajstić information content (AvgIpc) is 2.36. The molecule has 0 amide bonds. The Morgan fingerprint density at radius 1 is 1.18 bits per heavy atom. The highest BCUT2D eigenvalue weighted by Gasteiger charge is 1.97. The minimum atomic E-state index is 0.616. The van der Waals surface area contributed by atoms with Crippen LogP contribution < -0.4 is 10.1 Å². The van der Waals surface area contributed by atoms with Crippen LogP contribution in [0.2, 0.25) is 0 Å². The first kappa shape index (κ1) is 14.0. The lowest BCUT2D eigenvalue weighted by atomic mass is 10.1. The number of likely N-dealkylation sites (N-methyl/N-ethyl adjacent to an activating group) is 1. The highest BCUT2D eigenvalue weighted by Crippen LogP contribution is 2.13. The van der Waals surface area contributed by atoms with Crippen molar-refractivity contribution >= 4 is 0 Å². The van der Waals surface area contributed by atoms with Gasteiger partial charge >= 0.3 is 0 Å². The van der Waals surface area contributed by atoms with Crippen molar-refractivity contribution in [2.24, 2.45) is 0 Å². The second kappa shape index (κ2) is 9.02. The van der Waals surface area contributed by atoms with E-state index in [-0.39, 0.29) is 0 Å². The lowest BCUT2D eigenvalue weighted by Crippen LogP contribution is -2.16. The van der Waals surface area contributed by atoms with Crippen LogP contribution in [-0.2, 0) is 11.2 Å². The molecule has 0 heterocycles. The number of hydrogen-bond donors (Lipinski definition) is 1. The number of benzene rings is 1. The smallest absolute Gasteiger partial charge is 0.119 e. The van der Waals surface area contributed by atoms with E-state index < -0.39 is 0 Å². The van der Waals surface area contributed by atoms with Crippen LogP contribution in [0.3, 0.4) is 0 Å². The third-order valence-corrected chi connectivity index (χ3v) is 2.44. The molecule has 0 spiro atoms. The van der Waals surface area contributed by atoms with Crippen LogP contribution in [0, 0.1) is 0 Å². The molecule has 1 aromatic carbocycles. The lowest BCUT2D eigenvalue weighted by Gasteiger charge is -2.08. The van der Waals surface area contributed by atoms with Gasteiger partial charge in [0.15, 0.2) is 0 Å². The molecule has 0 aromatic heterocycles. The maximum Gasteiger partial charge on any atom is 0.119 e. The molecule has 17 heavy (non-hydrogen) atoms. The van der Waals surface area contributed by atoms with Crippen LogP contribution in [-0.4, -0.2) is 32.9 Å². The Bertz CT molecular complexity index is 302. The molecule has 0 fully saturated rings. The Hall–Kier alpha value is -1.06. The van der Waals surface area contributed by atoms with E-state index in [9.17, 15) is 0 Å². The molecule has 1 N–H and O–H groups in total. The van der Waals surface area contributed by atoms with Crippen molar-refractivity contribution in [3.05, 3.63) is 29.8 Å². The van der Waals surface area contributed by atoms with Gasteiger partial charge in [-0.25, -0.2) is 0 Å². The Morgan fingerprint density at radius 2 is 2.06 bits per heavy atom. The van der Waals surface area contributed by atoms with Gasteiger partial charge in [0.1, 0.15) is 12.4 Å². The molecule has 0 aliphatic rings. The van der Waals surface area contributed by atoms with Crippen LogP contribution in [0.1, 0.15) is 19.4 Å². The SMILES string of the molecule is CCNCCc1cccc(OCCOCC)c1. The van der Waals surface area contributed by atoms with Crippen LogP contribution in [0.4, 0.5) is 0 Å². The zero-order chi connectivity index (χ0) is 12.3. The molecule has 1 rings (SSSR count). The molecule has 96 valence electrons. The summed E-state index contributed by atoms with van der Waals surface area (Å²) in [5.41, 5.74) is 1.31. The maximum atomic E-state index is 5.61. The summed E-state index contributed by atoms with van der Waals surface area (Å²) in [6.45, 7) is 8.15. The molecule has 0 radical (unpaired) electrons. The molecule has 3 heteroatoms. The molecule has 0 saturated carbocycles. The standard InChI is InChI=1S/C14H23NO2/c1-3-15-9-8-13-6-5-7-14(12-13)17-11-10-16-4-2/h5-7,12,15H,3-4,8-11H2,1-2H3. The normalized spacial score (nSPS) is 10.5. The fourth-order valence-corrected chi connectivity index (χ4v) is 1.56. The van der Waals surface area contributed by atoms with E-state index in [1.807, 2.05) is 19.1 Å². The van der Waals surface area contributed by atoms with Crippen LogP contribution in [0.5, 0.6) is 5.75 Å². The van der Waals surface area contributed by atoms with E-state index in [1.165, 1.54) is 5.56 Å². The molecular weight excluding hydrogens is 214 g/mol. The van der Waals surface area contributed by atoms with Gasteiger partial charge in [0.2, 0.25) is 0 Å². The molecule has 0 bridgehead atoms. The van der Waals surface area contributed by atoms with Crippen molar-refractivity contribution in [2.45, 2.75) is 20.3 Å². The summed E-state index contributed by atoms with van der Waals surface area (Å²) in [6, 6.07) is 8.26. The summed E-state index contributed by atoms with van der Waals surface area (Å²) >= 11 is 0. The van der Waals surface area contributed by atoms with E-state index in [1.54, 1.807) is 0 Å². The fourth-order valence-electron chi connectivity index (χ4n) is 1.56. The highest BCUT2D eigenvalue weighted by atomic mass is 16.5. The van der Waals surface area contributed by atoms with Gasteiger partial charge in [0.05, 0.1) is 6.61 Å². The Morgan fingerprint density at radius 3 is 2.82 bits per heavy atom. The summed E-state index contributed by atoms with van der Waals surface area (Å²) < 4.78 is 10.8. The molecule has 0 aliphatic carbocycles. The minimum Gasteiger partial charge on any atom is -0.491 e. The number of rotatable bonds is 9. The Labute approximate surface area is 104 Å². The van der Waals surface area contributed by atoms with Gasteiger partial charge in [0, 0.05) is 6.61 Å². The maximum absolute atomic E-state index is 5.61. The summed E-state index contributed by atoms with van der Waals surface area (Å²) in [7, 11) is 0. The van der Waals surface area contributed by atoms with Gasteiger partial charge in [-0.3, -0.25) is 0 Å². The van der Waals surface area contributed by atoms with Crippen LogP contribution >= 0.6 is 0 Å². The third-order valence-electron chi connectivity index (χ3n) is 2.44. The van der Waals surface area contributed by atoms with E-state index in [0.717, 1.165) is 31.9 Å². The van der Waals surface area contributed by atoms with Crippen molar-refractivity contribution in [1.82, 2.24) is 5.32 Å². The van der Waals surface area contributed by atoms with Crippen molar-refractivity contribution in [3.8, 4) is 5.75 Å². The zero-order valence-electron chi connectivity index (χ0n) is 10.9. The quantitative estimate of drug-likeness (QED) is 0.668. The second-order valence-electron chi connectivity index (χ2n) is 3.80. The molecule has 0 saturated heterocycles. The summed E-state index contributed by atoms with van der Waals surface area (Å²) in [4.78, 5) is 0. The van der Waals surface area contributed by atoms with E-state index in [2.05, 4.69) is 24.4 Å². The minimum absolute atomic E-state index is 0.616. The summed E-state index contributed by atoms with van der Waals surface area (Å²) in [6.07, 6.45) is 1.04. The van der Waals surface area contributed by atoms with Gasteiger partial charge < -0.3 is 14.8 Å². The first-order valence-electron chi connectivity index (χ1n) is 6.37. The predicted molar refractivity (Wildman–Crippen MR) is 70.7 cm³/mol. The van der Waals surface area contributed by atoms with Crippen molar-refractivity contribution in [1.29, 1.82) is 0 Å². The van der Waals surface area contributed by atoms with E-state index in [0.29, 0.717) is 13.2 Å². The number of nitrogens with one attached hydrogen (secondary N) is 1. The third kappa shape index (κ3) is 6.29. The zero-order valence-corrected chi connectivity index (χ0v) is 10.9. The first-order valence-corrected chi connectivity index (χ1v) is 6.37. The fraction of sp³-hybridized carbons (Fsp3) is 0.571. The van der Waals surface area contributed by atoms with Crippen molar-refractivity contribution < 1.29 is 9.47 Å². The van der Waals surface area contributed by atoms with Crippen LogP contribution in [0.15, 0.2) is 24.3 Å². The summed E-state index contributed by atoms with van der Waals surface area (Å²) in [5, 5.41) is 3.32. The number of hydrogen-bond acceptors (Lipinski definition) is 3. The van der Waals surface area contributed by atoms with Crippen LogP contribution in [0.25, 0.3) is 0 Å². The molecule has 0 unspecified atom stereocenters. The van der Waals surface area contributed by atoms with Gasteiger partial charge in [-0.2, -0.15) is 0 Å². The highest BCUT2D eigenvalue weighted by molar-refractivity contribution is 5.28. The van der Waals surface area contributed by atoms with Gasteiger partial charge in [-0.15, -0.1) is 0 Å². The topological polar surface area (TPSA) is 30.5 Å². The van der Waals surface area contributed by atoms with Gasteiger partial charge in [-0.1, -0.05) is 19.1 Å². The average molecular weight is 237 g/mol. The molecule has 0 atom stereocenters. The van der Waals surface area contributed by atoms with Crippen molar-refractivity contribution in [2.75, 3.05) is 32.9 Å². The first-order chi connectivity index (χ1) is 8.36. The molecule has 3 nitrogen and oxygen atoms in total.